The number of carbonyl (C=O) groups excluding carboxylic acids is 2. The topological polar surface area (TPSA) is 34.1 Å². The highest BCUT2D eigenvalue weighted by molar-refractivity contribution is 5.90. The molecule has 1 heterocycles. The number of imide groups is 1. The third-order valence-electron chi connectivity index (χ3n) is 4.77. The minimum atomic E-state index is -0.409. The van der Waals surface area contributed by atoms with Gasteiger partial charge in [0.2, 0.25) is 6.04 Å². The van der Waals surface area contributed by atoms with Gasteiger partial charge < -0.3 is 0 Å². The molecule has 0 aliphatic carbocycles. The highest BCUT2D eigenvalue weighted by atomic mass is 16.2. The lowest BCUT2D eigenvalue weighted by molar-refractivity contribution is -0.881. The fourth-order valence-corrected chi connectivity index (χ4v) is 3.39. The summed E-state index contributed by atoms with van der Waals surface area (Å²) in [6.45, 7) is 4.77. The zero-order chi connectivity index (χ0) is 15.8. The monoisotopic (exact) mass is 290 g/mol. The maximum Gasteiger partial charge on any atom is 0.522 e. The Kier molecular flexibility index (Phi) is 4.04. The van der Waals surface area contributed by atoms with E-state index in [2.05, 4.69) is 13.8 Å². The molecular weight excluding hydrogens is 264 g/mol. The Morgan fingerprint density at radius 2 is 1.67 bits per heavy atom. The number of urea groups is 1. The lowest BCUT2D eigenvalue weighted by Crippen LogP contribution is -2.55. The van der Waals surface area contributed by atoms with E-state index in [1.807, 2.05) is 44.4 Å². The van der Waals surface area contributed by atoms with Gasteiger partial charge in [-0.25, -0.2) is 4.79 Å². The zero-order valence-corrected chi connectivity index (χ0v) is 13.7. The molecule has 1 aromatic rings. The van der Waals surface area contributed by atoms with Crippen LogP contribution in [0.2, 0.25) is 0 Å². The van der Waals surface area contributed by atoms with E-state index >= 15 is 0 Å². The molecule has 0 spiro atoms. The van der Waals surface area contributed by atoms with Crippen LogP contribution in [0.1, 0.15) is 31.9 Å². The first kappa shape index (κ1) is 15.9. The van der Waals surface area contributed by atoms with E-state index in [1.54, 1.807) is 7.05 Å². The van der Waals surface area contributed by atoms with E-state index in [1.165, 1.54) is 0 Å². The molecule has 1 aliphatic heterocycles. The Hall–Kier alpha value is -1.52. The molecule has 3 amide bonds. The third kappa shape index (κ3) is 2.43. The van der Waals surface area contributed by atoms with Gasteiger partial charge in [-0.2, -0.15) is 9.28 Å². The molecule has 1 aliphatic rings. The Morgan fingerprint density at radius 3 is 2.19 bits per heavy atom. The van der Waals surface area contributed by atoms with Crippen LogP contribution >= 0.6 is 0 Å². The molecule has 114 valence electrons. The Bertz CT molecular complexity index is 553. The van der Waals surface area contributed by atoms with Crippen molar-refractivity contribution >= 4 is 11.9 Å². The second-order valence-electron chi connectivity index (χ2n) is 6.86. The minimum Gasteiger partial charge on any atom is -0.222 e. The Labute approximate surface area is 127 Å². The summed E-state index contributed by atoms with van der Waals surface area (Å²) in [6, 6.07) is 9.22. The van der Waals surface area contributed by atoms with Crippen LogP contribution in [-0.2, 0) is 4.79 Å². The van der Waals surface area contributed by atoms with Gasteiger partial charge in [0, 0.05) is 11.5 Å². The van der Waals surface area contributed by atoms with Gasteiger partial charge >= 0.3 is 11.9 Å². The molecule has 4 nitrogen and oxygen atoms in total. The van der Waals surface area contributed by atoms with Crippen LogP contribution in [0, 0.1) is 5.92 Å². The minimum absolute atomic E-state index is 0.0106. The quantitative estimate of drug-likeness (QED) is 0.631. The molecule has 21 heavy (non-hydrogen) atoms. The molecule has 0 bridgehead atoms. The summed E-state index contributed by atoms with van der Waals surface area (Å²) in [4.78, 5) is 26.0. The van der Waals surface area contributed by atoms with Gasteiger partial charge in [-0.05, 0) is 6.42 Å². The fourth-order valence-electron chi connectivity index (χ4n) is 3.39. The third-order valence-corrected chi connectivity index (χ3v) is 4.77. The highest BCUT2D eigenvalue weighted by Gasteiger charge is 2.67. The number of hydrogen-bond donors (Lipinski definition) is 0. The first-order valence-corrected chi connectivity index (χ1v) is 7.58. The van der Waals surface area contributed by atoms with E-state index in [4.69, 9.17) is 0 Å². The number of benzene rings is 1. The van der Waals surface area contributed by atoms with Gasteiger partial charge in [0.25, 0.3) is 0 Å². The number of amides is 3. The first-order valence-electron chi connectivity index (χ1n) is 7.58. The second-order valence-corrected chi connectivity index (χ2v) is 6.86. The van der Waals surface area contributed by atoms with Crippen molar-refractivity contribution in [3.63, 3.8) is 0 Å². The van der Waals surface area contributed by atoms with Crippen molar-refractivity contribution in [2.45, 2.75) is 26.3 Å². The first-order chi connectivity index (χ1) is 9.75. The number of carbonyl (C=O) groups is 2. The number of rotatable bonds is 4. The Balaban J connectivity index is 2.46. The van der Waals surface area contributed by atoms with Gasteiger partial charge in [-0.1, -0.05) is 44.2 Å². The van der Waals surface area contributed by atoms with E-state index in [-0.39, 0.29) is 20.9 Å². The maximum atomic E-state index is 13.0. The molecule has 1 fully saturated rings. The number of likely N-dealkylation sites (N-methyl/N-ethyl adjacent to an activating group) is 2. The average Bonchev–Trinajstić information content (AvgIpc) is 2.58. The van der Waals surface area contributed by atoms with E-state index < -0.39 is 6.04 Å². The summed E-state index contributed by atoms with van der Waals surface area (Å²) < 4.78 is -0.00263. The van der Waals surface area contributed by atoms with Crippen molar-refractivity contribution in [1.29, 1.82) is 0 Å². The van der Waals surface area contributed by atoms with Crippen LogP contribution in [0.25, 0.3) is 0 Å². The second kappa shape index (κ2) is 5.35. The average molecular weight is 290 g/mol. The van der Waals surface area contributed by atoms with Crippen molar-refractivity contribution in [3.8, 4) is 0 Å². The summed E-state index contributed by atoms with van der Waals surface area (Å²) in [5.41, 5.74) is 0.923. The molecule has 0 N–H and O–H groups in total. The van der Waals surface area contributed by atoms with Crippen LogP contribution in [0.4, 0.5) is 4.79 Å². The van der Waals surface area contributed by atoms with Crippen LogP contribution in [0.15, 0.2) is 30.3 Å². The standard InChI is InChI=1S/C17H26N2O2/c1-6-13(2)12-19(5)16(20)15(18(3,4)17(19)21)14-10-8-7-9-11-14/h7-11,13,15H,6,12H2,1-5H3/q+2. The van der Waals surface area contributed by atoms with Gasteiger partial charge in [0.05, 0.1) is 21.1 Å². The van der Waals surface area contributed by atoms with Crippen molar-refractivity contribution in [3.05, 3.63) is 35.9 Å². The summed E-state index contributed by atoms with van der Waals surface area (Å²) in [5, 5.41) is 0. The summed E-state index contributed by atoms with van der Waals surface area (Å²) in [6.07, 6.45) is 0.970. The van der Waals surface area contributed by atoms with Crippen LogP contribution in [-0.4, -0.2) is 48.6 Å². The number of quaternary nitrogens is 2. The van der Waals surface area contributed by atoms with Crippen LogP contribution < -0.4 is 0 Å². The van der Waals surface area contributed by atoms with Gasteiger partial charge in [0.1, 0.15) is 6.54 Å². The lowest BCUT2D eigenvalue weighted by atomic mass is 10.0. The molecule has 2 rings (SSSR count). The van der Waals surface area contributed by atoms with E-state index in [9.17, 15) is 9.59 Å². The van der Waals surface area contributed by atoms with E-state index in [0.717, 1.165) is 12.0 Å². The summed E-state index contributed by atoms with van der Waals surface area (Å²) in [7, 11) is 5.47. The molecule has 0 aromatic heterocycles. The molecule has 0 radical (unpaired) electrons. The zero-order valence-electron chi connectivity index (χ0n) is 13.7. The highest BCUT2D eigenvalue weighted by Crippen LogP contribution is 2.39. The van der Waals surface area contributed by atoms with Crippen LogP contribution in [0.5, 0.6) is 0 Å². The molecule has 1 aromatic carbocycles. The molecule has 3 atom stereocenters. The van der Waals surface area contributed by atoms with Crippen molar-refractivity contribution in [2.24, 2.45) is 5.92 Å². The normalized spacial score (nSPS) is 29.7. The molecule has 4 heteroatoms. The summed E-state index contributed by atoms with van der Waals surface area (Å²) >= 11 is 0. The summed E-state index contributed by atoms with van der Waals surface area (Å²) in [5.74, 6) is 0.355. The van der Waals surface area contributed by atoms with Crippen molar-refractivity contribution in [2.75, 3.05) is 27.7 Å². The molecule has 1 saturated heterocycles. The predicted octanol–water partition coefficient (Wildman–Crippen LogP) is 2.96. The molecule has 3 unspecified atom stereocenters. The number of hydrogen-bond acceptors (Lipinski definition) is 2. The van der Waals surface area contributed by atoms with Crippen molar-refractivity contribution in [1.82, 2.24) is 0 Å². The number of nitrogens with zero attached hydrogens (tertiary/aromatic N) is 2. The van der Waals surface area contributed by atoms with E-state index in [0.29, 0.717) is 12.5 Å². The molecule has 0 saturated carbocycles. The smallest absolute Gasteiger partial charge is 0.222 e. The fraction of sp³-hybridized carbons (Fsp3) is 0.529. The van der Waals surface area contributed by atoms with Crippen LogP contribution in [0.3, 0.4) is 0 Å². The van der Waals surface area contributed by atoms with Gasteiger partial charge in [0.15, 0.2) is 0 Å². The SMILES string of the molecule is CCC(C)C[N+]1(C)C(=O)C(c2ccccc2)[N+](C)(C)C1=O. The molecular formula is C17H26N2O2+2. The van der Waals surface area contributed by atoms with Crippen molar-refractivity contribution < 1.29 is 18.6 Å². The largest absolute Gasteiger partial charge is 0.522 e. The Morgan fingerprint density at radius 1 is 1.10 bits per heavy atom. The maximum absolute atomic E-state index is 13.0. The van der Waals surface area contributed by atoms with Gasteiger partial charge in [-0.3, -0.25) is 0 Å². The van der Waals surface area contributed by atoms with Gasteiger partial charge in [-0.15, -0.1) is 4.48 Å². The lowest BCUT2D eigenvalue weighted by Gasteiger charge is -2.25. The predicted molar refractivity (Wildman–Crippen MR) is 82.2 cm³/mol.